The Labute approximate surface area is 163 Å². The number of aromatic nitrogens is 2. The van der Waals surface area contributed by atoms with Gasteiger partial charge in [0.2, 0.25) is 0 Å². The molecule has 1 heterocycles. The molecular weight excluding hydrogens is 375 g/mol. The predicted octanol–water partition coefficient (Wildman–Crippen LogP) is 5.80. The largest absolute Gasteiger partial charge is 0.433 e. The first kappa shape index (κ1) is 21.6. The van der Waals surface area contributed by atoms with E-state index in [1.165, 1.54) is 0 Å². The molecular formula is C20H25ClF3N3. The van der Waals surface area contributed by atoms with Gasteiger partial charge in [-0.3, -0.25) is 4.90 Å². The first-order valence-corrected chi connectivity index (χ1v) is 9.53. The van der Waals surface area contributed by atoms with Crippen molar-refractivity contribution in [3.05, 3.63) is 58.2 Å². The Balaban J connectivity index is 2.30. The average molecular weight is 400 g/mol. The van der Waals surface area contributed by atoms with Gasteiger partial charge < -0.3 is 0 Å². The first-order chi connectivity index (χ1) is 12.7. The van der Waals surface area contributed by atoms with Crippen molar-refractivity contribution < 1.29 is 13.2 Å². The van der Waals surface area contributed by atoms with Gasteiger partial charge in [-0.1, -0.05) is 56.7 Å². The number of nitrogens with zero attached hydrogens (tertiary/aromatic N) is 3. The summed E-state index contributed by atoms with van der Waals surface area (Å²) in [7, 11) is 0. The Kier molecular flexibility index (Phi) is 7.62. The average Bonchev–Trinajstić information content (AvgIpc) is 2.85. The Morgan fingerprint density at radius 2 is 2.00 bits per heavy atom. The lowest BCUT2D eigenvalue weighted by atomic mass is 9.97. The zero-order chi connectivity index (χ0) is 20.0. The highest BCUT2D eigenvalue weighted by Gasteiger charge is 2.34. The van der Waals surface area contributed by atoms with Crippen LogP contribution in [0.5, 0.6) is 0 Å². The van der Waals surface area contributed by atoms with Crippen LogP contribution in [-0.4, -0.2) is 34.5 Å². The van der Waals surface area contributed by atoms with E-state index in [0.29, 0.717) is 0 Å². The lowest BCUT2D eigenvalue weighted by Crippen LogP contribution is -2.26. The normalized spacial score (nSPS) is 16.1. The van der Waals surface area contributed by atoms with Crippen molar-refractivity contribution >= 4 is 11.6 Å². The van der Waals surface area contributed by atoms with Crippen LogP contribution in [0.15, 0.2) is 41.5 Å². The van der Waals surface area contributed by atoms with Crippen molar-refractivity contribution in [2.45, 2.75) is 45.7 Å². The molecule has 148 valence electrons. The Morgan fingerprint density at radius 3 is 2.63 bits per heavy atom. The maximum atomic E-state index is 13.0. The van der Waals surface area contributed by atoms with Crippen molar-refractivity contribution in [3.8, 4) is 0 Å². The van der Waals surface area contributed by atoms with E-state index in [0.717, 1.165) is 49.7 Å². The van der Waals surface area contributed by atoms with Crippen molar-refractivity contribution in [2.75, 3.05) is 19.6 Å². The maximum Gasteiger partial charge on any atom is 0.433 e. The molecule has 1 unspecified atom stereocenters. The van der Waals surface area contributed by atoms with E-state index in [4.69, 9.17) is 11.6 Å². The molecule has 1 aliphatic carbocycles. The van der Waals surface area contributed by atoms with E-state index in [-0.39, 0.29) is 11.0 Å². The molecule has 7 heteroatoms. The molecule has 3 nitrogen and oxygen atoms in total. The smallest absolute Gasteiger partial charge is 0.299 e. The summed E-state index contributed by atoms with van der Waals surface area (Å²) in [5.41, 5.74) is 1.01. The highest BCUT2D eigenvalue weighted by molar-refractivity contribution is 6.29. The minimum atomic E-state index is -4.55. The van der Waals surface area contributed by atoms with E-state index in [1.807, 2.05) is 18.2 Å². The second-order valence-corrected chi connectivity index (χ2v) is 6.97. The molecule has 1 aromatic rings. The molecule has 1 aromatic heterocycles. The summed E-state index contributed by atoms with van der Waals surface area (Å²) in [6.07, 6.45) is 5.42. The van der Waals surface area contributed by atoms with Crippen LogP contribution in [-0.2, 0) is 6.18 Å². The molecule has 0 fully saturated rings. The molecule has 1 aliphatic rings. The highest BCUT2D eigenvalue weighted by Crippen LogP contribution is 2.32. The molecule has 1 atom stereocenters. The molecule has 0 saturated carbocycles. The fraction of sp³-hybridized carbons (Fsp3) is 0.500. The summed E-state index contributed by atoms with van der Waals surface area (Å²) in [5, 5.41) is -0.201. The van der Waals surface area contributed by atoms with Gasteiger partial charge in [-0.05, 0) is 37.1 Å². The summed E-state index contributed by atoms with van der Waals surface area (Å²) in [6, 6.07) is 0.754. The predicted molar refractivity (Wildman–Crippen MR) is 103 cm³/mol. The summed E-state index contributed by atoms with van der Waals surface area (Å²) < 4.78 is 39.1. The second-order valence-electron chi connectivity index (χ2n) is 6.58. The fourth-order valence-electron chi connectivity index (χ4n) is 2.97. The zero-order valence-electron chi connectivity index (χ0n) is 15.9. The monoisotopic (exact) mass is 399 g/mol. The van der Waals surface area contributed by atoms with Gasteiger partial charge in [0.25, 0.3) is 0 Å². The second kappa shape index (κ2) is 9.51. The lowest BCUT2D eigenvalue weighted by Gasteiger charge is -2.21. The molecule has 0 amide bonds. The van der Waals surface area contributed by atoms with E-state index in [1.54, 1.807) is 6.92 Å². The molecule has 2 rings (SSSR count). The molecule has 0 N–H and O–H groups in total. The first-order valence-electron chi connectivity index (χ1n) is 9.15. The van der Waals surface area contributed by atoms with Crippen molar-refractivity contribution in [1.29, 1.82) is 0 Å². The number of allylic oxidation sites excluding steroid dienone is 4. The van der Waals surface area contributed by atoms with Crippen LogP contribution in [0, 0.1) is 0 Å². The number of rotatable bonds is 7. The van der Waals surface area contributed by atoms with Crippen LogP contribution < -0.4 is 0 Å². The number of likely N-dealkylation sites (N-methyl/N-ethyl adjacent to an activating group) is 1. The maximum absolute atomic E-state index is 13.0. The van der Waals surface area contributed by atoms with Gasteiger partial charge in [0, 0.05) is 18.5 Å². The molecule has 0 bridgehead atoms. The molecule has 27 heavy (non-hydrogen) atoms. The van der Waals surface area contributed by atoms with E-state index in [9.17, 15) is 13.2 Å². The Hall–Kier alpha value is -1.66. The fourth-order valence-corrected chi connectivity index (χ4v) is 3.16. The standard InChI is InChI=1S/C20H25ClF3N3/c1-4-10-27(5-2)13-15-8-6-7-9-16(11-15)14(3)19-25-17(20(22,23)24)12-18(21)26-19/h7-9,11-12,14H,4-6,10,13H2,1-3H3. The third-order valence-electron chi connectivity index (χ3n) is 4.46. The van der Waals surface area contributed by atoms with Gasteiger partial charge in [0.1, 0.15) is 16.7 Å². The lowest BCUT2D eigenvalue weighted by molar-refractivity contribution is -0.141. The van der Waals surface area contributed by atoms with Crippen molar-refractivity contribution in [3.63, 3.8) is 0 Å². The minimum absolute atomic E-state index is 0.0767. The Morgan fingerprint density at radius 1 is 1.26 bits per heavy atom. The van der Waals surface area contributed by atoms with E-state index in [2.05, 4.69) is 34.8 Å². The van der Waals surface area contributed by atoms with Gasteiger partial charge in [-0.25, -0.2) is 9.97 Å². The SMILES string of the molecule is CCCN(CC)CC1=CCC=CC(C(C)c2nc(Cl)cc(C(F)(F)F)n2)=C1. The van der Waals surface area contributed by atoms with Crippen LogP contribution in [0.2, 0.25) is 5.15 Å². The van der Waals surface area contributed by atoms with Gasteiger partial charge in [0.05, 0.1) is 0 Å². The highest BCUT2D eigenvalue weighted by atomic mass is 35.5. The molecule has 0 radical (unpaired) electrons. The third-order valence-corrected chi connectivity index (χ3v) is 4.66. The number of hydrogen-bond donors (Lipinski definition) is 0. The van der Waals surface area contributed by atoms with Crippen LogP contribution in [0.4, 0.5) is 13.2 Å². The molecule has 0 aliphatic heterocycles. The molecule has 0 saturated heterocycles. The molecule has 0 aromatic carbocycles. The zero-order valence-corrected chi connectivity index (χ0v) is 16.6. The van der Waals surface area contributed by atoms with Gasteiger partial charge in [0.15, 0.2) is 0 Å². The van der Waals surface area contributed by atoms with Crippen LogP contribution in [0.3, 0.4) is 0 Å². The van der Waals surface area contributed by atoms with Crippen LogP contribution in [0.1, 0.15) is 51.0 Å². The van der Waals surface area contributed by atoms with Crippen molar-refractivity contribution in [2.24, 2.45) is 0 Å². The molecule has 0 spiro atoms. The summed E-state index contributed by atoms with van der Waals surface area (Å²) in [6.45, 7) is 8.83. The van der Waals surface area contributed by atoms with Gasteiger partial charge in [-0.2, -0.15) is 13.2 Å². The number of alkyl halides is 3. The van der Waals surface area contributed by atoms with Gasteiger partial charge in [-0.15, -0.1) is 0 Å². The Bertz CT molecular complexity index is 738. The van der Waals surface area contributed by atoms with E-state index >= 15 is 0 Å². The number of halogens is 4. The van der Waals surface area contributed by atoms with Crippen LogP contribution >= 0.6 is 11.6 Å². The summed E-state index contributed by atoms with van der Waals surface area (Å²) in [4.78, 5) is 10.1. The van der Waals surface area contributed by atoms with Crippen LogP contribution in [0.25, 0.3) is 0 Å². The summed E-state index contributed by atoms with van der Waals surface area (Å²) in [5.74, 6) is -0.323. The third kappa shape index (κ3) is 6.18. The van der Waals surface area contributed by atoms with E-state index < -0.39 is 17.8 Å². The quantitative estimate of drug-likeness (QED) is 0.543. The summed E-state index contributed by atoms with van der Waals surface area (Å²) >= 11 is 5.82. The number of hydrogen-bond acceptors (Lipinski definition) is 3. The van der Waals surface area contributed by atoms with Crippen molar-refractivity contribution in [1.82, 2.24) is 14.9 Å². The topological polar surface area (TPSA) is 29.0 Å². The minimum Gasteiger partial charge on any atom is -0.299 e. The van der Waals surface area contributed by atoms with Gasteiger partial charge >= 0.3 is 6.18 Å².